The molecule has 0 unspecified atom stereocenters. The molecular formula is C9H10ClN3O2. The third-order valence-corrected chi connectivity index (χ3v) is 2.00. The molecule has 0 amide bonds. The zero-order chi connectivity index (χ0) is 11.4. The summed E-state index contributed by atoms with van der Waals surface area (Å²) < 4.78 is 4.87. The van der Waals surface area contributed by atoms with Crippen molar-refractivity contribution in [2.24, 2.45) is 4.99 Å². The number of methoxy groups -OCH3 is 1. The van der Waals surface area contributed by atoms with Crippen molar-refractivity contribution in [3.05, 3.63) is 10.8 Å². The standard InChI is InChI=1S/C9H10ClN3O2/c1-5(2)6-7(11-4-14)8(10)13-9(12-6)15-3/h5H,1-3H3. The summed E-state index contributed by atoms with van der Waals surface area (Å²) in [4.78, 5) is 21.6. The van der Waals surface area contributed by atoms with Crippen LogP contribution in [-0.4, -0.2) is 23.2 Å². The van der Waals surface area contributed by atoms with Gasteiger partial charge in [0.05, 0.1) is 12.8 Å². The number of aromatic nitrogens is 2. The summed E-state index contributed by atoms with van der Waals surface area (Å²) in [5, 5.41) is 0.0916. The number of hydrogen-bond donors (Lipinski definition) is 0. The summed E-state index contributed by atoms with van der Waals surface area (Å²) in [6.45, 7) is 3.81. The summed E-state index contributed by atoms with van der Waals surface area (Å²) >= 11 is 5.83. The Kier molecular flexibility index (Phi) is 3.77. The molecule has 0 aliphatic carbocycles. The minimum absolute atomic E-state index is 0.0616. The first-order valence-electron chi connectivity index (χ1n) is 4.29. The number of hydrogen-bond acceptors (Lipinski definition) is 5. The van der Waals surface area contributed by atoms with Crippen molar-refractivity contribution in [1.82, 2.24) is 9.97 Å². The third-order valence-electron chi connectivity index (χ3n) is 1.73. The molecule has 1 rings (SSSR count). The normalized spacial score (nSPS) is 9.93. The summed E-state index contributed by atoms with van der Waals surface area (Å²) in [5.74, 6) is 0.0616. The van der Waals surface area contributed by atoms with Gasteiger partial charge in [-0.2, -0.15) is 15.0 Å². The van der Waals surface area contributed by atoms with Gasteiger partial charge in [-0.25, -0.2) is 4.79 Å². The predicted molar refractivity (Wildman–Crippen MR) is 55.5 cm³/mol. The van der Waals surface area contributed by atoms with Crippen molar-refractivity contribution >= 4 is 23.4 Å². The fraction of sp³-hybridized carbons (Fsp3) is 0.444. The van der Waals surface area contributed by atoms with Crippen LogP contribution in [0, 0.1) is 0 Å². The minimum atomic E-state index is 0.0616. The zero-order valence-electron chi connectivity index (χ0n) is 8.61. The maximum Gasteiger partial charge on any atom is 0.317 e. The first kappa shape index (κ1) is 11.6. The van der Waals surface area contributed by atoms with E-state index in [9.17, 15) is 4.79 Å². The van der Waals surface area contributed by atoms with E-state index in [4.69, 9.17) is 16.3 Å². The summed E-state index contributed by atoms with van der Waals surface area (Å²) in [6.07, 6.45) is 1.43. The van der Waals surface area contributed by atoms with Crippen LogP contribution in [0.15, 0.2) is 4.99 Å². The van der Waals surface area contributed by atoms with E-state index in [1.807, 2.05) is 13.8 Å². The first-order valence-corrected chi connectivity index (χ1v) is 4.67. The molecule has 15 heavy (non-hydrogen) atoms. The Hall–Kier alpha value is -1.45. The average molecular weight is 228 g/mol. The Morgan fingerprint density at radius 1 is 1.47 bits per heavy atom. The Balaban J connectivity index is 3.41. The lowest BCUT2D eigenvalue weighted by Gasteiger charge is -2.09. The van der Waals surface area contributed by atoms with Crippen molar-refractivity contribution in [2.75, 3.05) is 7.11 Å². The number of ether oxygens (including phenoxy) is 1. The van der Waals surface area contributed by atoms with Crippen molar-refractivity contribution in [1.29, 1.82) is 0 Å². The van der Waals surface area contributed by atoms with Gasteiger partial charge in [0, 0.05) is 0 Å². The number of carbonyl (C=O) groups excluding carboxylic acids is 1. The second-order valence-corrected chi connectivity index (χ2v) is 3.45. The van der Waals surface area contributed by atoms with Gasteiger partial charge < -0.3 is 4.74 Å². The van der Waals surface area contributed by atoms with Gasteiger partial charge in [0.2, 0.25) is 6.08 Å². The van der Waals surface area contributed by atoms with Gasteiger partial charge >= 0.3 is 6.01 Å². The lowest BCUT2D eigenvalue weighted by molar-refractivity contribution is 0.377. The summed E-state index contributed by atoms with van der Waals surface area (Å²) in [7, 11) is 1.44. The number of isocyanates is 1. The SMILES string of the molecule is COc1nc(Cl)c(N=C=O)c(C(C)C)n1. The van der Waals surface area contributed by atoms with E-state index in [0.717, 1.165) is 0 Å². The van der Waals surface area contributed by atoms with E-state index in [-0.39, 0.29) is 22.8 Å². The molecule has 0 radical (unpaired) electrons. The molecule has 0 fully saturated rings. The molecule has 1 aromatic heterocycles. The monoisotopic (exact) mass is 227 g/mol. The summed E-state index contributed by atoms with van der Waals surface area (Å²) in [6, 6.07) is 0.161. The molecule has 6 heteroatoms. The van der Waals surface area contributed by atoms with E-state index in [1.54, 1.807) is 0 Å². The van der Waals surface area contributed by atoms with Gasteiger partial charge in [-0.15, -0.1) is 0 Å². The van der Waals surface area contributed by atoms with E-state index >= 15 is 0 Å². The van der Waals surface area contributed by atoms with E-state index < -0.39 is 0 Å². The maximum atomic E-state index is 10.2. The van der Waals surface area contributed by atoms with Gasteiger partial charge in [0.1, 0.15) is 5.69 Å². The summed E-state index contributed by atoms with van der Waals surface area (Å²) in [5.41, 5.74) is 0.817. The highest BCUT2D eigenvalue weighted by Crippen LogP contribution is 2.32. The number of aliphatic imine (C=N–C) groups is 1. The molecule has 0 atom stereocenters. The first-order chi connectivity index (χ1) is 7.10. The lowest BCUT2D eigenvalue weighted by atomic mass is 10.1. The van der Waals surface area contributed by atoms with Gasteiger partial charge in [0.15, 0.2) is 5.15 Å². The molecule has 5 nitrogen and oxygen atoms in total. The highest BCUT2D eigenvalue weighted by atomic mass is 35.5. The van der Waals surface area contributed by atoms with Crippen LogP contribution in [0.25, 0.3) is 0 Å². The molecule has 0 saturated carbocycles. The largest absolute Gasteiger partial charge is 0.467 e. The molecule has 0 aliphatic heterocycles. The average Bonchev–Trinajstić information content (AvgIpc) is 2.20. The fourth-order valence-electron chi connectivity index (χ4n) is 1.07. The van der Waals surface area contributed by atoms with Gasteiger partial charge in [-0.1, -0.05) is 25.4 Å². The Morgan fingerprint density at radius 3 is 2.60 bits per heavy atom. The van der Waals surface area contributed by atoms with Crippen molar-refractivity contribution < 1.29 is 9.53 Å². The second kappa shape index (κ2) is 4.87. The molecule has 0 N–H and O–H groups in total. The van der Waals surface area contributed by atoms with Crippen LogP contribution in [0.5, 0.6) is 6.01 Å². The van der Waals surface area contributed by atoms with Crippen molar-refractivity contribution in [3.8, 4) is 6.01 Å². The molecule has 80 valence electrons. The minimum Gasteiger partial charge on any atom is -0.467 e. The van der Waals surface area contributed by atoms with Crippen LogP contribution in [0.4, 0.5) is 5.69 Å². The second-order valence-electron chi connectivity index (χ2n) is 3.09. The van der Waals surface area contributed by atoms with Gasteiger partial charge in [-0.05, 0) is 5.92 Å². The topological polar surface area (TPSA) is 64.4 Å². The molecule has 0 saturated heterocycles. The smallest absolute Gasteiger partial charge is 0.317 e. The molecule has 0 spiro atoms. The maximum absolute atomic E-state index is 10.2. The van der Waals surface area contributed by atoms with E-state index in [2.05, 4.69) is 15.0 Å². The quantitative estimate of drug-likeness (QED) is 0.451. The third kappa shape index (κ3) is 2.52. The highest BCUT2D eigenvalue weighted by Gasteiger charge is 2.15. The zero-order valence-corrected chi connectivity index (χ0v) is 9.37. The van der Waals surface area contributed by atoms with E-state index in [1.165, 1.54) is 13.2 Å². The van der Waals surface area contributed by atoms with Crippen molar-refractivity contribution in [2.45, 2.75) is 19.8 Å². The number of halogens is 1. The van der Waals surface area contributed by atoms with Crippen LogP contribution in [-0.2, 0) is 4.79 Å². The molecule has 1 aromatic rings. The Morgan fingerprint density at radius 2 is 2.13 bits per heavy atom. The van der Waals surface area contributed by atoms with Crippen LogP contribution in [0.1, 0.15) is 25.5 Å². The van der Waals surface area contributed by atoms with Crippen LogP contribution in [0.2, 0.25) is 5.15 Å². The molecule has 0 aliphatic rings. The highest BCUT2D eigenvalue weighted by molar-refractivity contribution is 6.32. The molecular weight excluding hydrogens is 218 g/mol. The molecule has 0 bridgehead atoms. The number of rotatable bonds is 3. The van der Waals surface area contributed by atoms with Gasteiger partial charge in [0.25, 0.3) is 0 Å². The Bertz CT molecular complexity index is 414. The predicted octanol–water partition coefficient (Wildman–Crippen LogP) is 2.23. The van der Waals surface area contributed by atoms with Crippen LogP contribution in [0.3, 0.4) is 0 Å². The van der Waals surface area contributed by atoms with Crippen LogP contribution >= 0.6 is 11.6 Å². The Labute approximate surface area is 92.2 Å². The van der Waals surface area contributed by atoms with Gasteiger partial charge in [-0.3, -0.25) is 0 Å². The van der Waals surface area contributed by atoms with Crippen molar-refractivity contribution in [3.63, 3.8) is 0 Å². The van der Waals surface area contributed by atoms with E-state index in [0.29, 0.717) is 5.69 Å². The van der Waals surface area contributed by atoms with Crippen LogP contribution < -0.4 is 4.74 Å². The fourth-order valence-corrected chi connectivity index (χ4v) is 1.28. The lowest BCUT2D eigenvalue weighted by Crippen LogP contribution is -2.00. The number of nitrogens with zero attached hydrogens (tertiary/aromatic N) is 3. The molecule has 0 aromatic carbocycles. The molecule has 1 heterocycles.